The molecule has 1 amide bonds. The summed E-state index contributed by atoms with van der Waals surface area (Å²) >= 11 is 1.07. The molecule has 1 atom stereocenters. The molecule has 0 radical (unpaired) electrons. The number of rotatable bonds is 7. The van der Waals surface area contributed by atoms with Gasteiger partial charge in [0.1, 0.15) is 12.4 Å². The topological polar surface area (TPSA) is 60.3 Å². The number of aromatic nitrogens is 1. The van der Waals surface area contributed by atoms with Crippen molar-refractivity contribution in [2.75, 3.05) is 6.61 Å². The van der Waals surface area contributed by atoms with E-state index in [1.54, 1.807) is 19.2 Å². The number of halogens is 3. The van der Waals surface area contributed by atoms with Gasteiger partial charge in [-0.25, -0.2) is 0 Å². The first-order chi connectivity index (χ1) is 12.2. The van der Waals surface area contributed by atoms with Gasteiger partial charge in [-0.05, 0) is 26.0 Å². The number of nitrogens with zero attached hydrogens (tertiary/aromatic N) is 1. The summed E-state index contributed by atoms with van der Waals surface area (Å²) in [6, 6.07) is 4.44. The number of aryl methyl sites for hydroxylation is 1. The fraction of sp³-hybridized carbons (Fsp3) is 0.412. The summed E-state index contributed by atoms with van der Waals surface area (Å²) in [6.45, 7) is 3.57. The van der Waals surface area contributed by atoms with E-state index in [-0.39, 0.29) is 36.1 Å². The third-order valence-electron chi connectivity index (χ3n) is 3.63. The van der Waals surface area contributed by atoms with Crippen molar-refractivity contribution in [2.45, 2.75) is 39.0 Å². The lowest BCUT2D eigenvalue weighted by molar-refractivity contribution is -0.139. The zero-order chi connectivity index (χ0) is 19.3. The fourth-order valence-corrected chi connectivity index (χ4v) is 3.08. The van der Waals surface area contributed by atoms with Crippen LogP contribution in [0.25, 0.3) is 0 Å². The molecule has 0 aliphatic heterocycles. The van der Waals surface area contributed by atoms with E-state index in [0.717, 1.165) is 23.1 Å². The summed E-state index contributed by atoms with van der Waals surface area (Å²) in [5.74, 6) is -0.579. The molecule has 0 spiro atoms. The summed E-state index contributed by atoms with van der Waals surface area (Å²) in [4.78, 5) is 23.4. The van der Waals surface area contributed by atoms with E-state index in [1.807, 2.05) is 0 Å². The van der Waals surface area contributed by atoms with Gasteiger partial charge in [-0.15, -0.1) is 0 Å². The van der Waals surface area contributed by atoms with Crippen molar-refractivity contribution in [3.05, 3.63) is 50.6 Å². The number of nitrogens with one attached hydrogen (secondary N) is 1. The molecule has 1 aromatic carbocycles. The molecule has 1 aromatic heterocycles. The smallest absolute Gasteiger partial charge is 0.419 e. The van der Waals surface area contributed by atoms with Gasteiger partial charge in [0, 0.05) is 24.0 Å². The molecule has 0 fully saturated rings. The highest BCUT2D eigenvalue weighted by Crippen LogP contribution is 2.35. The molecule has 0 saturated carbocycles. The standard InChI is InChI=1S/C17H19F3N2O3S/c1-11(9-25-14-6-4-3-5-13(14)17(18,19)20)21-15(23)7-8-22-12(2)10-26-16(22)24/h3-6,10-11H,7-9H2,1-2H3,(H,21,23). The minimum atomic E-state index is -4.51. The van der Waals surface area contributed by atoms with Gasteiger partial charge in [-0.2, -0.15) is 13.2 Å². The van der Waals surface area contributed by atoms with Crippen LogP contribution in [0.1, 0.15) is 24.6 Å². The van der Waals surface area contributed by atoms with Gasteiger partial charge in [0.2, 0.25) is 5.91 Å². The van der Waals surface area contributed by atoms with Crippen LogP contribution in [0, 0.1) is 6.92 Å². The van der Waals surface area contributed by atoms with Crippen molar-refractivity contribution in [3.63, 3.8) is 0 Å². The Morgan fingerprint density at radius 3 is 2.65 bits per heavy atom. The maximum atomic E-state index is 12.9. The average molecular weight is 388 g/mol. The van der Waals surface area contributed by atoms with Crippen LogP contribution < -0.4 is 14.9 Å². The molecular weight excluding hydrogens is 369 g/mol. The van der Waals surface area contributed by atoms with E-state index in [0.29, 0.717) is 0 Å². The van der Waals surface area contributed by atoms with Crippen LogP contribution in [0.4, 0.5) is 13.2 Å². The van der Waals surface area contributed by atoms with Crippen LogP contribution in [0.2, 0.25) is 0 Å². The van der Waals surface area contributed by atoms with Gasteiger partial charge in [-0.1, -0.05) is 23.5 Å². The van der Waals surface area contributed by atoms with E-state index in [9.17, 15) is 22.8 Å². The molecule has 0 aliphatic rings. The van der Waals surface area contributed by atoms with Crippen molar-refractivity contribution >= 4 is 17.2 Å². The third kappa shape index (κ3) is 5.35. The Hall–Kier alpha value is -2.29. The summed E-state index contributed by atoms with van der Waals surface area (Å²) in [6.07, 6.45) is -4.41. The highest BCUT2D eigenvalue weighted by atomic mass is 32.1. The number of thiazole rings is 1. The fourth-order valence-electron chi connectivity index (χ4n) is 2.32. The maximum absolute atomic E-state index is 12.9. The zero-order valence-electron chi connectivity index (χ0n) is 14.3. The van der Waals surface area contributed by atoms with E-state index >= 15 is 0 Å². The van der Waals surface area contributed by atoms with Gasteiger partial charge >= 0.3 is 11.0 Å². The number of ether oxygens (including phenoxy) is 1. The van der Waals surface area contributed by atoms with E-state index in [4.69, 9.17) is 4.74 Å². The molecule has 1 unspecified atom stereocenters. The second-order valence-electron chi connectivity index (χ2n) is 5.82. The molecule has 0 bridgehead atoms. The Morgan fingerprint density at radius 2 is 2.04 bits per heavy atom. The SMILES string of the molecule is Cc1csc(=O)n1CCC(=O)NC(C)COc1ccccc1C(F)(F)F. The van der Waals surface area contributed by atoms with Crippen molar-refractivity contribution in [1.82, 2.24) is 9.88 Å². The minimum absolute atomic E-state index is 0.0982. The predicted octanol–water partition coefficient (Wildman–Crippen LogP) is 3.21. The zero-order valence-corrected chi connectivity index (χ0v) is 15.1. The van der Waals surface area contributed by atoms with E-state index < -0.39 is 17.8 Å². The second-order valence-corrected chi connectivity index (χ2v) is 6.64. The summed E-state index contributed by atoms with van der Waals surface area (Å²) < 4.78 is 45.5. The maximum Gasteiger partial charge on any atom is 0.419 e. The molecule has 26 heavy (non-hydrogen) atoms. The van der Waals surface area contributed by atoms with E-state index in [2.05, 4.69) is 5.32 Å². The molecule has 2 rings (SSSR count). The van der Waals surface area contributed by atoms with Gasteiger partial charge in [0.15, 0.2) is 0 Å². The van der Waals surface area contributed by atoms with Crippen LogP contribution in [0.5, 0.6) is 5.75 Å². The first kappa shape index (κ1) is 20.0. The number of hydrogen-bond donors (Lipinski definition) is 1. The first-order valence-electron chi connectivity index (χ1n) is 7.92. The number of benzene rings is 1. The third-order valence-corrected chi connectivity index (χ3v) is 4.51. The molecular formula is C17H19F3N2O3S. The minimum Gasteiger partial charge on any atom is -0.491 e. The molecule has 5 nitrogen and oxygen atoms in total. The largest absolute Gasteiger partial charge is 0.491 e. The Bertz CT molecular complexity index is 814. The average Bonchev–Trinajstić information content (AvgIpc) is 2.89. The number of alkyl halides is 3. The summed E-state index contributed by atoms with van der Waals surface area (Å²) in [7, 11) is 0. The monoisotopic (exact) mass is 388 g/mol. The number of hydrogen-bond acceptors (Lipinski definition) is 4. The molecule has 1 N–H and O–H groups in total. The van der Waals surface area contributed by atoms with Crippen molar-refractivity contribution in [2.24, 2.45) is 0 Å². The lowest BCUT2D eigenvalue weighted by Crippen LogP contribution is -2.37. The highest BCUT2D eigenvalue weighted by molar-refractivity contribution is 7.07. The van der Waals surface area contributed by atoms with Crippen LogP contribution in [-0.2, 0) is 17.5 Å². The Balaban J connectivity index is 1.85. The summed E-state index contributed by atoms with van der Waals surface area (Å²) in [5, 5.41) is 4.37. The number of amides is 1. The molecule has 9 heteroatoms. The lowest BCUT2D eigenvalue weighted by Gasteiger charge is -2.18. The van der Waals surface area contributed by atoms with Crippen molar-refractivity contribution < 1.29 is 22.7 Å². The molecule has 142 valence electrons. The molecule has 0 saturated heterocycles. The van der Waals surface area contributed by atoms with Gasteiger partial charge in [0.25, 0.3) is 0 Å². The van der Waals surface area contributed by atoms with Gasteiger partial charge in [-0.3, -0.25) is 9.59 Å². The first-order valence-corrected chi connectivity index (χ1v) is 8.79. The predicted molar refractivity (Wildman–Crippen MR) is 92.5 cm³/mol. The summed E-state index contributed by atoms with van der Waals surface area (Å²) in [5.41, 5.74) is -0.0706. The Kier molecular flexibility index (Phi) is 6.47. The number of carbonyl (C=O) groups excluding carboxylic acids is 1. The Labute approximate surface area is 152 Å². The second kappa shape index (κ2) is 8.39. The lowest BCUT2D eigenvalue weighted by atomic mass is 10.2. The van der Waals surface area contributed by atoms with E-state index in [1.165, 1.54) is 22.8 Å². The normalized spacial score (nSPS) is 12.7. The van der Waals surface area contributed by atoms with Crippen LogP contribution in [0.15, 0.2) is 34.4 Å². The highest BCUT2D eigenvalue weighted by Gasteiger charge is 2.34. The molecule has 0 aliphatic carbocycles. The number of carbonyl (C=O) groups is 1. The van der Waals surface area contributed by atoms with Crippen LogP contribution in [-0.4, -0.2) is 23.1 Å². The van der Waals surface area contributed by atoms with Crippen molar-refractivity contribution in [3.8, 4) is 5.75 Å². The van der Waals surface area contributed by atoms with Gasteiger partial charge in [0.05, 0.1) is 11.6 Å². The Morgan fingerprint density at radius 1 is 1.35 bits per heavy atom. The molecule has 2 aromatic rings. The number of para-hydroxylation sites is 1. The van der Waals surface area contributed by atoms with Crippen LogP contribution >= 0.6 is 11.3 Å². The van der Waals surface area contributed by atoms with Crippen molar-refractivity contribution in [1.29, 1.82) is 0 Å². The molecule has 1 heterocycles. The van der Waals surface area contributed by atoms with Gasteiger partial charge < -0.3 is 14.6 Å². The quantitative estimate of drug-likeness (QED) is 0.792. The van der Waals surface area contributed by atoms with Crippen LogP contribution in [0.3, 0.4) is 0 Å².